The van der Waals surface area contributed by atoms with E-state index in [2.05, 4.69) is 25.3 Å². The average Bonchev–Trinajstić information content (AvgIpc) is 2.61. The highest BCUT2D eigenvalue weighted by Gasteiger charge is 2.15. The van der Waals surface area contributed by atoms with Crippen LogP contribution in [0.25, 0.3) is 0 Å². The molecule has 2 rings (SSSR count). The monoisotopic (exact) mass is 210 g/mol. The van der Waals surface area contributed by atoms with Gasteiger partial charge in [-0.15, -0.1) is 25.3 Å². The molecule has 3 heteroatoms. The topological polar surface area (TPSA) is 9.23 Å². The van der Waals surface area contributed by atoms with Gasteiger partial charge in [0, 0.05) is 15.7 Å². The molecule has 0 saturated heterocycles. The molecule has 0 bridgehead atoms. The normalized spacial score (nSPS) is 20.3. The van der Waals surface area contributed by atoms with Crippen molar-refractivity contribution in [1.82, 2.24) is 0 Å². The van der Waals surface area contributed by atoms with Gasteiger partial charge in [-0.25, -0.2) is 0 Å². The van der Waals surface area contributed by atoms with Crippen molar-refractivity contribution < 1.29 is 4.74 Å². The second-order valence-corrected chi connectivity index (χ2v) is 4.01. The molecule has 1 unspecified atom stereocenters. The predicted octanol–water partition coefficient (Wildman–Crippen LogP) is 2.89. The zero-order valence-electron chi connectivity index (χ0n) is 6.97. The van der Waals surface area contributed by atoms with Crippen LogP contribution >= 0.6 is 25.3 Å². The number of benzene rings is 1. The first kappa shape index (κ1) is 9.03. The molecule has 1 nitrogen and oxygen atoms in total. The van der Waals surface area contributed by atoms with Crippen LogP contribution in [-0.2, 0) is 4.74 Å². The van der Waals surface area contributed by atoms with Gasteiger partial charge in [0.2, 0.25) is 0 Å². The first-order valence-electron chi connectivity index (χ1n) is 4.07. The molecular weight excluding hydrogens is 200 g/mol. The van der Waals surface area contributed by atoms with E-state index in [1.54, 1.807) is 6.26 Å². The summed E-state index contributed by atoms with van der Waals surface area (Å²) in [5, 5.41) is 0. The fourth-order valence-electron chi connectivity index (χ4n) is 1.40. The maximum absolute atomic E-state index is 5.17. The fraction of sp³-hybridized carbons (Fsp3) is 0.200. The van der Waals surface area contributed by atoms with Crippen molar-refractivity contribution in [2.24, 2.45) is 0 Å². The largest absolute Gasteiger partial charge is 0.501 e. The molecule has 1 aromatic rings. The maximum atomic E-state index is 5.17. The fourth-order valence-corrected chi connectivity index (χ4v) is 1.92. The van der Waals surface area contributed by atoms with E-state index < -0.39 is 0 Å². The second kappa shape index (κ2) is 3.68. The lowest BCUT2D eigenvalue weighted by molar-refractivity contribution is 0.269. The Morgan fingerprint density at radius 3 is 2.85 bits per heavy atom. The lowest BCUT2D eigenvalue weighted by atomic mass is 10.0. The van der Waals surface area contributed by atoms with Crippen molar-refractivity contribution in [3.8, 4) is 0 Å². The number of rotatable bonds is 1. The van der Waals surface area contributed by atoms with Crippen LogP contribution in [0.3, 0.4) is 0 Å². The number of thiol groups is 2. The second-order valence-electron chi connectivity index (χ2n) is 3.01. The predicted molar refractivity (Wildman–Crippen MR) is 58.8 cm³/mol. The Morgan fingerprint density at radius 2 is 2.15 bits per heavy atom. The molecule has 1 heterocycles. The van der Waals surface area contributed by atoms with Crippen molar-refractivity contribution >= 4 is 25.3 Å². The third-order valence-electron chi connectivity index (χ3n) is 2.09. The summed E-state index contributed by atoms with van der Waals surface area (Å²) in [4.78, 5) is 1.96. The molecule has 1 aromatic carbocycles. The summed E-state index contributed by atoms with van der Waals surface area (Å²) in [6.07, 6.45) is 3.78. The summed E-state index contributed by atoms with van der Waals surface area (Å²) in [7, 11) is 0. The Labute approximate surface area is 88.6 Å². The van der Waals surface area contributed by atoms with Crippen LogP contribution in [0, 0.1) is 0 Å². The van der Waals surface area contributed by atoms with Crippen LogP contribution in [0.1, 0.15) is 11.5 Å². The Bertz CT molecular complexity index is 347. The van der Waals surface area contributed by atoms with E-state index in [1.807, 2.05) is 24.3 Å². The molecule has 68 valence electrons. The highest BCUT2D eigenvalue weighted by molar-refractivity contribution is 7.80. The van der Waals surface area contributed by atoms with Crippen LogP contribution in [0.5, 0.6) is 0 Å². The molecule has 0 fully saturated rings. The molecule has 1 atom stereocenters. The molecule has 0 aromatic heterocycles. The van der Waals surface area contributed by atoms with E-state index in [1.165, 1.54) is 5.56 Å². The Morgan fingerprint density at radius 1 is 1.31 bits per heavy atom. The van der Waals surface area contributed by atoms with Gasteiger partial charge in [-0.05, 0) is 29.8 Å². The van der Waals surface area contributed by atoms with E-state index in [0.29, 0.717) is 12.5 Å². The van der Waals surface area contributed by atoms with Crippen LogP contribution in [0.4, 0.5) is 0 Å². The van der Waals surface area contributed by atoms with E-state index in [4.69, 9.17) is 4.74 Å². The molecular formula is C10H10OS2. The summed E-state index contributed by atoms with van der Waals surface area (Å²) in [5.74, 6) is 0.333. The lowest BCUT2D eigenvalue weighted by Crippen LogP contribution is -1.98. The van der Waals surface area contributed by atoms with Crippen molar-refractivity contribution in [2.45, 2.75) is 15.7 Å². The third-order valence-corrected chi connectivity index (χ3v) is 2.78. The molecule has 0 spiro atoms. The standard InChI is InChI=1S/C10H10OS2/c12-8-1-2-10(13)9(5-8)7-3-4-11-6-7/h1-5,7,12-13H,6H2. The quantitative estimate of drug-likeness (QED) is 0.678. The van der Waals surface area contributed by atoms with Crippen LogP contribution in [0.15, 0.2) is 40.3 Å². The number of hydrogen-bond acceptors (Lipinski definition) is 3. The summed E-state index contributed by atoms with van der Waals surface area (Å²) in [6.45, 7) is 0.713. The minimum absolute atomic E-state index is 0.333. The minimum Gasteiger partial charge on any atom is -0.501 e. The first-order chi connectivity index (χ1) is 6.27. The van der Waals surface area contributed by atoms with Gasteiger partial charge in [-0.2, -0.15) is 0 Å². The van der Waals surface area contributed by atoms with Crippen molar-refractivity contribution in [3.63, 3.8) is 0 Å². The molecule has 0 amide bonds. The molecule has 13 heavy (non-hydrogen) atoms. The van der Waals surface area contributed by atoms with Gasteiger partial charge in [0.25, 0.3) is 0 Å². The summed E-state index contributed by atoms with van der Waals surface area (Å²) >= 11 is 8.69. The zero-order chi connectivity index (χ0) is 9.26. The summed E-state index contributed by atoms with van der Waals surface area (Å²) in [5.41, 5.74) is 1.18. The summed E-state index contributed by atoms with van der Waals surface area (Å²) in [6, 6.07) is 5.94. The van der Waals surface area contributed by atoms with Crippen LogP contribution in [-0.4, -0.2) is 6.61 Å². The molecule has 0 saturated carbocycles. The van der Waals surface area contributed by atoms with Crippen molar-refractivity contribution in [1.29, 1.82) is 0 Å². The zero-order valence-corrected chi connectivity index (χ0v) is 8.76. The van der Waals surface area contributed by atoms with Gasteiger partial charge in [-0.1, -0.05) is 0 Å². The van der Waals surface area contributed by atoms with Crippen LogP contribution < -0.4 is 0 Å². The SMILES string of the molecule is Sc1ccc(S)c(C2C=COC2)c1. The number of ether oxygens (including phenoxy) is 1. The van der Waals surface area contributed by atoms with Gasteiger partial charge in [0.15, 0.2) is 0 Å². The number of hydrogen-bond donors (Lipinski definition) is 2. The Hall–Kier alpha value is -0.540. The maximum Gasteiger partial charge on any atom is 0.0977 e. The Kier molecular flexibility index (Phi) is 2.56. The van der Waals surface area contributed by atoms with Gasteiger partial charge in [-0.3, -0.25) is 0 Å². The van der Waals surface area contributed by atoms with Gasteiger partial charge < -0.3 is 4.74 Å². The summed E-state index contributed by atoms with van der Waals surface area (Å²) < 4.78 is 5.17. The highest BCUT2D eigenvalue weighted by atomic mass is 32.1. The Balaban J connectivity index is 2.37. The van der Waals surface area contributed by atoms with Crippen LogP contribution in [0.2, 0.25) is 0 Å². The molecule has 0 N–H and O–H groups in total. The van der Waals surface area contributed by atoms with E-state index in [0.717, 1.165) is 9.79 Å². The first-order valence-corrected chi connectivity index (χ1v) is 4.97. The van der Waals surface area contributed by atoms with Crippen molar-refractivity contribution in [2.75, 3.05) is 6.61 Å². The third kappa shape index (κ3) is 1.86. The van der Waals surface area contributed by atoms with E-state index >= 15 is 0 Å². The molecule has 0 radical (unpaired) electrons. The average molecular weight is 210 g/mol. The van der Waals surface area contributed by atoms with Gasteiger partial charge in [0.05, 0.1) is 12.9 Å². The molecule has 1 aliphatic rings. The molecule has 1 aliphatic heterocycles. The molecule has 0 aliphatic carbocycles. The van der Waals surface area contributed by atoms with E-state index in [9.17, 15) is 0 Å². The van der Waals surface area contributed by atoms with E-state index in [-0.39, 0.29) is 0 Å². The van der Waals surface area contributed by atoms with Gasteiger partial charge >= 0.3 is 0 Å². The highest BCUT2D eigenvalue weighted by Crippen LogP contribution is 2.29. The smallest absolute Gasteiger partial charge is 0.0977 e. The van der Waals surface area contributed by atoms with Gasteiger partial charge in [0.1, 0.15) is 0 Å². The minimum atomic E-state index is 0.333. The van der Waals surface area contributed by atoms with Crippen molar-refractivity contribution in [3.05, 3.63) is 36.1 Å². The lowest BCUT2D eigenvalue weighted by Gasteiger charge is -2.10.